The second kappa shape index (κ2) is 12.7. The fourth-order valence-corrected chi connectivity index (χ4v) is 4.72. The average molecular weight is 555 g/mol. The highest BCUT2D eigenvalue weighted by Crippen LogP contribution is 2.27. The van der Waals surface area contributed by atoms with Crippen LogP contribution < -0.4 is 0 Å². The first kappa shape index (κ1) is 28.6. The number of hydrogen-bond donors (Lipinski definition) is 0. The summed E-state index contributed by atoms with van der Waals surface area (Å²) in [5.74, 6) is -0.691. The van der Waals surface area contributed by atoms with Gasteiger partial charge in [0.05, 0.1) is 11.1 Å². The zero-order chi connectivity index (χ0) is 29.6. The second-order valence-electron chi connectivity index (χ2n) is 10.6. The van der Waals surface area contributed by atoms with E-state index in [9.17, 15) is 9.59 Å². The predicted octanol–water partition coefficient (Wildman–Crippen LogP) is 9.47. The van der Waals surface area contributed by atoms with Crippen LogP contribution in [0.5, 0.6) is 0 Å². The Morgan fingerprint density at radius 3 is 0.976 bits per heavy atom. The van der Waals surface area contributed by atoms with Gasteiger partial charge in [-0.25, -0.2) is 9.59 Å². The van der Waals surface area contributed by atoms with Crippen LogP contribution in [-0.4, -0.2) is 11.9 Å². The molecule has 0 fully saturated rings. The molecule has 0 aromatic heterocycles. The number of rotatable bonds is 8. The maximum atomic E-state index is 12.7. The van der Waals surface area contributed by atoms with E-state index < -0.39 is 0 Å². The van der Waals surface area contributed by atoms with Crippen molar-refractivity contribution >= 4 is 11.9 Å². The molecule has 2 atom stereocenters. The van der Waals surface area contributed by atoms with Gasteiger partial charge in [-0.1, -0.05) is 108 Å². The number of carbonyl (C=O) groups excluding carboxylic acids is 2. The van der Waals surface area contributed by atoms with Crippen LogP contribution in [0.1, 0.15) is 69.0 Å². The third-order valence-electron chi connectivity index (χ3n) is 7.45. The predicted molar refractivity (Wildman–Crippen MR) is 167 cm³/mol. The topological polar surface area (TPSA) is 52.6 Å². The molecule has 0 amide bonds. The van der Waals surface area contributed by atoms with E-state index in [0.29, 0.717) is 11.1 Å². The summed E-state index contributed by atoms with van der Waals surface area (Å²) in [7, 11) is 0. The van der Waals surface area contributed by atoms with Gasteiger partial charge in [-0.05, 0) is 85.3 Å². The Morgan fingerprint density at radius 2 is 0.690 bits per heavy atom. The first-order chi connectivity index (χ1) is 20.3. The molecule has 0 aliphatic heterocycles. The van der Waals surface area contributed by atoms with E-state index in [1.54, 1.807) is 24.3 Å². The van der Waals surface area contributed by atoms with Crippen molar-refractivity contribution in [1.29, 1.82) is 0 Å². The minimum atomic E-state index is -0.345. The van der Waals surface area contributed by atoms with Crippen LogP contribution in [0.15, 0.2) is 121 Å². The van der Waals surface area contributed by atoms with E-state index in [2.05, 4.69) is 0 Å². The van der Waals surface area contributed by atoms with E-state index in [4.69, 9.17) is 9.47 Å². The standard InChI is InChI=1S/C38H34O4/c1-25-5-9-29(10-6-25)27(3)41-37(39)35-21-17-33(18-22-35)31-13-15-32(16-14-31)34-19-23-36(24-20-34)38(40)42-28(4)30-11-7-26(2)8-12-30/h5-24,27-28H,1-4H3/t27-,28-/m0/s1. The van der Waals surface area contributed by atoms with Crippen LogP contribution in [0.4, 0.5) is 0 Å². The summed E-state index contributed by atoms with van der Waals surface area (Å²) in [6.45, 7) is 7.82. The van der Waals surface area contributed by atoms with Gasteiger partial charge < -0.3 is 9.47 Å². The lowest BCUT2D eigenvalue weighted by molar-refractivity contribution is 0.0328. The largest absolute Gasteiger partial charge is 0.454 e. The lowest BCUT2D eigenvalue weighted by Crippen LogP contribution is -2.09. The van der Waals surface area contributed by atoms with Crippen LogP contribution in [0.3, 0.4) is 0 Å². The Bertz CT molecular complexity index is 1520. The summed E-state index contributed by atoms with van der Waals surface area (Å²) >= 11 is 0. The molecule has 5 aromatic rings. The number of carbonyl (C=O) groups is 2. The van der Waals surface area contributed by atoms with Crippen molar-refractivity contribution in [3.05, 3.63) is 155 Å². The third kappa shape index (κ3) is 6.84. The summed E-state index contributed by atoms with van der Waals surface area (Å²) in [6, 6.07) is 39.1. The minimum absolute atomic E-state index is 0.327. The highest BCUT2D eigenvalue weighted by molar-refractivity contribution is 5.91. The summed E-state index contributed by atoms with van der Waals surface area (Å²) in [4.78, 5) is 25.4. The summed E-state index contributed by atoms with van der Waals surface area (Å²) in [5.41, 5.74) is 9.38. The molecule has 0 aliphatic rings. The molecule has 5 rings (SSSR count). The Balaban J connectivity index is 1.19. The van der Waals surface area contributed by atoms with Gasteiger partial charge in [0.15, 0.2) is 0 Å². The molecule has 0 unspecified atom stereocenters. The van der Waals surface area contributed by atoms with Crippen molar-refractivity contribution < 1.29 is 19.1 Å². The quantitative estimate of drug-likeness (QED) is 0.179. The summed E-state index contributed by atoms with van der Waals surface area (Å²) < 4.78 is 11.3. The summed E-state index contributed by atoms with van der Waals surface area (Å²) in [6.07, 6.45) is -0.653. The first-order valence-electron chi connectivity index (χ1n) is 14.1. The fourth-order valence-electron chi connectivity index (χ4n) is 4.72. The minimum Gasteiger partial charge on any atom is -0.454 e. The van der Waals surface area contributed by atoms with Gasteiger partial charge in [0.25, 0.3) is 0 Å². The number of esters is 2. The fraction of sp³-hybridized carbons (Fsp3) is 0.158. The van der Waals surface area contributed by atoms with E-state index >= 15 is 0 Å². The number of hydrogen-bond acceptors (Lipinski definition) is 4. The molecule has 0 spiro atoms. The lowest BCUT2D eigenvalue weighted by atomic mass is 9.99. The number of benzene rings is 5. The van der Waals surface area contributed by atoms with Gasteiger partial charge >= 0.3 is 11.9 Å². The molecular formula is C38H34O4. The zero-order valence-corrected chi connectivity index (χ0v) is 24.3. The van der Waals surface area contributed by atoms with Gasteiger partial charge in [-0.15, -0.1) is 0 Å². The van der Waals surface area contributed by atoms with Crippen molar-refractivity contribution in [1.82, 2.24) is 0 Å². The zero-order valence-electron chi connectivity index (χ0n) is 24.3. The molecule has 4 heteroatoms. The number of ether oxygens (including phenoxy) is 2. The Morgan fingerprint density at radius 1 is 0.429 bits per heavy atom. The van der Waals surface area contributed by atoms with E-state index in [0.717, 1.165) is 33.4 Å². The van der Waals surface area contributed by atoms with Crippen molar-refractivity contribution in [2.75, 3.05) is 0 Å². The maximum Gasteiger partial charge on any atom is 0.338 e. The van der Waals surface area contributed by atoms with Gasteiger partial charge in [-0.2, -0.15) is 0 Å². The van der Waals surface area contributed by atoms with Crippen molar-refractivity contribution in [2.45, 2.75) is 39.9 Å². The Kier molecular flexibility index (Phi) is 8.63. The monoisotopic (exact) mass is 554 g/mol. The van der Waals surface area contributed by atoms with E-state index in [1.165, 1.54) is 11.1 Å². The lowest BCUT2D eigenvalue weighted by Gasteiger charge is -2.14. The van der Waals surface area contributed by atoms with Crippen LogP contribution in [-0.2, 0) is 9.47 Å². The molecule has 0 aliphatic carbocycles. The molecule has 0 radical (unpaired) electrons. The summed E-state index contributed by atoms with van der Waals surface area (Å²) in [5, 5.41) is 0. The molecule has 42 heavy (non-hydrogen) atoms. The van der Waals surface area contributed by atoms with Crippen molar-refractivity contribution in [3.63, 3.8) is 0 Å². The van der Waals surface area contributed by atoms with Crippen LogP contribution in [0, 0.1) is 13.8 Å². The van der Waals surface area contributed by atoms with Crippen LogP contribution in [0.2, 0.25) is 0 Å². The van der Waals surface area contributed by atoms with Gasteiger partial charge in [0, 0.05) is 0 Å². The maximum absolute atomic E-state index is 12.7. The number of aryl methyl sites for hydroxylation is 2. The molecule has 210 valence electrons. The molecule has 0 N–H and O–H groups in total. The normalized spacial score (nSPS) is 12.3. The van der Waals surface area contributed by atoms with Crippen molar-refractivity contribution in [2.24, 2.45) is 0 Å². The highest BCUT2D eigenvalue weighted by atomic mass is 16.5. The smallest absolute Gasteiger partial charge is 0.338 e. The average Bonchev–Trinajstić information content (AvgIpc) is 3.02. The molecule has 5 aromatic carbocycles. The van der Waals surface area contributed by atoms with E-state index in [-0.39, 0.29) is 24.1 Å². The highest BCUT2D eigenvalue weighted by Gasteiger charge is 2.15. The second-order valence-corrected chi connectivity index (χ2v) is 10.6. The van der Waals surface area contributed by atoms with Gasteiger partial charge in [0.1, 0.15) is 12.2 Å². The molecule has 0 heterocycles. The van der Waals surface area contributed by atoms with Crippen LogP contribution in [0.25, 0.3) is 22.3 Å². The molecular weight excluding hydrogens is 520 g/mol. The van der Waals surface area contributed by atoms with E-state index in [1.807, 2.05) is 125 Å². The SMILES string of the molecule is Cc1ccc([C@H](C)OC(=O)c2ccc(-c3ccc(-c4ccc(C(=O)O[C@@H](C)c5ccc(C)cc5)cc4)cc3)cc2)cc1. The molecule has 4 nitrogen and oxygen atoms in total. The first-order valence-corrected chi connectivity index (χ1v) is 14.1. The Hall–Kier alpha value is -4.96. The van der Waals surface area contributed by atoms with Gasteiger partial charge in [0.2, 0.25) is 0 Å². The Labute approximate surface area is 247 Å². The van der Waals surface area contributed by atoms with Crippen molar-refractivity contribution in [3.8, 4) is 22.3 Å². The molecule has 0 saturated heterocycles. The third-order valence-corrected chi connectivity index (χ3v) is 7.45. The molecule has 0 saturated carbocycles. The van der Waals surface area contributed by atoms with Gasteiger partial charge in [-0.3, -0.25) is 0 Å². The van der Waals surface area contributed by atoms with Crippen LogP contribution >= 0.6 is 0 Å². The molecule has 0 bridgehead atoms.